The zero-order valence-corrected chi connectivity index (χ0v) is 13.7. The summed E-state index contributed by atoms with van der Waals surface area (Å²) in [6.07, 6.45) is 6.99. The first kappa shape index (κ1) is 15.3. The Hall–Kier alpha value is -2.29. The van der Waals surface area contributed by atoms with Crippen molar-refractivity contribution in [1.29, 1.82) is 0 Å². The van der Waals surface area contributed by atoms with Crippen LogP contribution < -0.4 is 9.47 Å². The maximum Gasteiger partial charge on any atom is 0.519 e. The van der Waals surface area contributed by atoms with Crippen molar-refractivity contribution in [3.63, 3.8) is 0 Å². The van der Waals surface area contributed by atoms with Gasteiger partial charge in [-0.05, 0) is 72.9 Å². The number of rotatable bonds is 4. The second kappa shape index (κ2) is 6.68. The van der Waals surface area contributed by atoms with Crippen LogP contribution in [0.5, 0.6) is 11.5 Å². The van der Waals surface area contributed by atoms with Crippen molar-refractivity contribution in [2.75, 3.05) is 0 Å². The monoisotopic (exact) mass is 322 g/mol. The molecule has 124 valence electrons. The van der Waals surface area contributed by atoms with Crippen LogP contribution in [0.3, 0.4) is 0 Å². The molecule has 2 fully saturated rings. The Morgan fingerprint density at radius 1 is 0.667 bits per heavy atom. The minimum Gasteiger partial charge on any atom is -0.395 e. The smallest absolute Gasteiger partial charge is 0.395 e. The molecule has 0 unspecified atom stereocenters. The van der Waals surface area contributed by atoms with Gasteiger partial charge in [0, 0.05) is 0 Å². The number of ether oxygens (including phenoxy) is 2. The second-order valence-corrected chi connectivity index (χ2v) is 6.85. The van der Waals surface area contributed by atoms with Gasteiger partial charge in [-0.2, -0.15) is 0 Å². The molecule has 0 radical (unpaired) electrons. The standard InChI is InChI=1S/C21H22O3/c22-21(23-19-11-7-17(8-12-19)15-3-1-4-15)24-20-13-9-18(10-14-20)16-5-2-6-16/h7-16H,1-6H2. The van der Waals surface area contributed by atoms with E-state index in [1.165, 1.54) is 49.7 Å². The highest BCUT2D eigenvalue weighted by Gasteiger charge is 2.20. The van der Waals surface area contributed by atoms with Crippen LogP contribution in [0.1, 0.15) is 61.5 Å². The number of hydrogen-bond donors (Lipinski definition) is 0. The van der Waals surface area contributed by atoms with E-state index in [0.717, 1.165) is 0 Å². The second-order valence-electron chi connectivity index (χ2n) is 6.85. The van der Waals surface area contributed by atoms with Crippen molar-refractivity contribution in [3.8, 4) is 11.5 Å². The summed E-state index contributed by atoms with van der Waals surface area (Å²) in [5.41, 5.74) is 2.65. The zero-order chi connectivity index (χ0) is 16.4. The zero-order valence-electron chi connectivity index (χ0n) is 13.7. The van der Waals surface area contributed by atoms with Gasteiger partial charge < -0.3 is 9.47 Å². The molecule has 0 atom stereocenters. The fourth-order valence-electron chi connectivity index (χ4n) is 3.31. The highest BCUT2D eigenvalue weighted by molar-refractivity contribution is 5.67. The van der Waals surface area contributed by atoms with Crippen LogP contribution in [0.15, 0.2) is 48.5 Å². The maximum atomic E-state index is 11.9. The number of hydrogen-bond acceptors (Lipinski definition) is 3. The first-order valence-corrected chi connectivity index (χ1v) is 8.87. The Morgan fingerprint density at radius 2 is 1.04 bits per heavy atom. The topological polar surface area (TPSA) is 35.5 Å². The first-order valence-electron chi connectivity index (χ1n) is 8.87. The van der Waals surface area contributed by atoms with Gasteiger partial charge in [0.25, 0.3) is 0 Å². The molecule has 0 spiro atoms. The Kier molecular flexibility index (Phi) is 4.24. The van der Waals surface area contributed by atoms with Crippen molar-refractivity contribution < 1.29 is 14.3 Å². The lowest BCUT2D eigenvalue weighted by Gasteiger charge is -2.25. The molecule has 0 heterocycles. The van der Waals surface area contributed by atoms with E-state index in [1.54, 1.807) is 0 Å². The van der Waals surface area contributed by atoms with E-state index in [0.29, 0.717) is 23.3 Å². The van der Waals surface area contributed by atoms with E-state index in [9.17, 15) is 4.79 Å². The number of benzene rings is 2. The van der Waals surface area contributed by atoms with E-state index >= 15 is 0 Å². The highest BCUT2D eigenvalue weighted by Crippen LogP contribution is 2.37. The van der Waals surface area contributed by atoms with Crippen LogP contribution in [0, 0.1) is 0 Å². The summed E-state index contributed by atoms with van der Waals surface area (Å²) in [6, 6.07) is 15.5. The quantitative estimate of drug-likeness (QED) is 0.527. The molecule has 0 N–H and O–H groups in total. The van der Waals surface area contributed by atoms with E-state index in [1.807, 2.05) is 48.5 Å². The number of carbonyl (C=O) groups excluding carboxylic acids is 1. The predicted octanol–water partition coefficient (Wildman–Crippen LogP) is 5.80. The minimum atomic E-state index is -0.692. The molecule has 0 bridgehead atoms. The third kappa shape index (κ3) is 3.30. The van der Waals surface area contributed by atoms with Gasteiger partial charge in [0.15, 0.2) is 0 Å². The van der Waals surface area contributed by atoms with Crippen molar-refractivity contribution in [3.05, 3.63) is 59.7 Å². The molecule has 0 saturated heterocycles. The Labute approximate surface area is 142 Å². The molecule has 0 aromatic heterocycles. The largest absolute Gasteiger partial charge is 0.519 e. The third-order valence-electron chi connectivity index (χ3n) is 5.32. The Morgan fingerprint density at radius 3 is 1.33 bits per heavy atom. The maximum absolute atomic E-state index is 11.9. The van der Waals surface area contributed by atoms with Gasteiger partial charge in [-0.25, -0.2) is 4.79 Å². The molecule has 24 heavy (non-hydrogen) atoms. The third-order valence-corrected chi connectivity index (χ3v) is 5.32. The fraction of sp³-hybridized carbons (Fsp3) is 0.381. The van der Waals surface area contributed by atoms with Crippen molar-refractivity contribution in [1.82, 2.24) is 0 Å². The van der Waals surface area contributed by atoms with Gasteiger partial charge in [0.2, 0.25) is 0 Å². The summed E-state index contributed by atoms with van der Waals surface area (Å²) < 4.78 is 10.5. The van der Waals surface area contributed by atoms with Crippen LogP contribution in [0.25, 0.3) is 0 Å². The molecule has 3 nitrogen and oxygen atoms in total. The Balaban J connectivity index is 1.32. The summed E-state index contributed by atoms with van der Waals surface area (Å²) in [4.78, 5) is 11.9. The van der Waals surface area contributed by atoms with Crippen LogP contribution in [0.2, 0.25) is 0 Å². The van der Waals surface area contributed by atoms with Gasteiger partial charge in [-0.3, -0.25) is 0 Å². The highest BCUT2D eigenvalue weighted by atomic mass is 16.7. The van der Waals surface area contributed by atoms with Crippen LogP contribution in [-0.2, 0) is 0 Å². The molecule has 0 aliphatic heterocycles. The molecular weight excluding hydrogens is 300 g/mol. The summed E-state index contributed by atoms with van der Waals surface area (Å²) in [7, 11) is 0. The van der Waals surface area contributed by atoms with Crippen LogP contribution >= 0.6 is 0 Å². The van der Waals surface area contributed by atoms with E-state index in [-0.39, 0.29) is 0 Å². The molecule has 2 saturated carbocycles. The lowest BCUT2D eigenvalue weighted by molar-refractivity contribution is 0.152. The normalized spacial score (nSPS) is 17.7. The van der Waals surface area contributed by atoms with Crippen molar-refractivity contribution >= 4 is 6.16 Å². The molecule has 2 aromatic carbocycles. The lowest BCUT2D eigenvalue weighted by Crippen LogP contribution is -2.14. The van der Waals surface area contributed by atoms with E-state index < -0.39 is 6.16 Å². The van der Waals surface area contributed by atoms with Crippen molar-refractivity contribution in [2.24, 2.45) is 0 Å². The van der Waals surface area contributed by atoms with Gasteiger partial charge in [0.1, 0.15) is 11.5 Å². The molecule has 0 amide bonds. The summed E-state index contributed by atoms with van der Waals surface area (Å²) >= 11 is 0. The summed E-state index contributed by atoms with van der Waals surface area (Å²) in [6.45, 7) is 0. The SMILES string of the molecule is O=C(Oc1ccc(C2CCC2)cc1)Oc1ccc(C2CCC2)cc1. The average Bonchev–Trinajstić information content (AvgIpc) is 2.48. The average molecular weight is 322 g/mol. The number of carbonyl (C=O) groups is 1. The van der Waals surface area contributed by atoms with Gasteiger partial charge in [0.05, 0.1) is 0 Å². The first-order chi connectivity index (χ1) is 11.8. The Bertz CT molecular complexity index is 633. The van der Waals surface area contributed by atoms with E-state index in [4.69, 9.17) is 9.47 Å². The van der Waals surface area contributed by atoms with Gasteiger partial charge in [-0.15, -0.1) is 0 Å². The predicted molar refractivity (Wildman–Crippen MR) is 92.7 cm³/mol. The van der Waals surface area contributed by atoms with Crippen LogP contribution in [-0.4, -0.2) is 6.16 Å². The fourth-order valence-corrected chi connectivity index (χ4v) is 3.31. The molecule has 3 heteroatoms. The van der Waals surface area contributed by atoms with Gasteiger partial charge >= 0.3 is 6.16 Å². The minimum absolute atomic E-state index is 0.522. The molecule has 2 aliphatic rings. The molecule has 4 rings (SSSR count). The van der Waals surface area contributed by atoms with Crippen LogP contribution in [0.4, 0.5) is 4.79 Å². The summed E-state index contributed by atoms with van der Waals surface area (Å²) in [5.74, 6) is 2.41. The molecule has 2 aliphatic carbocycles. The van der Waals surface area contributed by atoms with E-state index in [2.05, 4.69) is 0 Å². The van der Waals surface area contributed by atoms with Gasteiger partial charge in [-0.1, -0.05) is 37.1 Å². The summed E-state index contributed by atoms with van der Waals surface area (Å²) in [5, 5.41) is 0. The molecular formula is C21H22O3. The lowest BCUT2D eigenvalue weighted by atomic mass is 9.80. The van der Waals surface area contributed by atoms with Crippen molar-refractivity contribution in [2.45, 2.75) is 50.4 Å². The molecule has 2 aromatic rings.